The number of phenolic OH excluding ortho intramolecular Hbond substituents is 2. The van der Waals surface area contributed by atoms with E-state index in [0.29, 0.717) is 41.1 Å². The minimum absolute atomic E-state index is 0.169. The van der Waals surface area contributed by atoms with Crippen LogP contribution in [0, 0.1) is 17.8 Å². The fraction of sp³-hybridized carbons (Fsp3) is 0.613. The van der Waals surface area contributed by atoms with Gasteiger partial charge in [0.15, 0.2) is 0 Å². The van der Waals surface area contributed by atoms with Gasteiger partial charge in [-0.15, -0.1) is 0 Å². The van der Waals surface area contributed by atoms with Gasteiger partial charge < -0.3 is 10.2 Å². The van der Waals surface area contributed by atoms with Crippen LogP contribution in [0.5, 0.6) is 11.5 Å². The van der Waals surface area contributed by atoms with Gasteiger partial charge in [0, 0.05) is 5.56 Å². The summed E-state index contributed by atoms with van der Waals surface area (Å²) >= 11 is 0. The van der Waals surface area contributed by atoms with Crippen LogP contribution in [0.25, 0.3) is 0 Å². The summed E-state index contributed by atoms with van der Waals surface area (Å²) in [6.07, 6.45) is 8.79. The first-order valence-electron chi connectivity index (χ1n) is 13.5. The Kier molecular flexibility index (Phi) is 4.91. The SMILES string of the molecule is CC(C)c1cccc(C(C2CC2)C2CC2c2cc(C(C)C3CC3)c(O)c(C3(C)CC3)c2)c1O. The predicted octanol–water partition coefficient (Wildman–Crippen LogP) is 8.08. The van der Waals surface area contributed by atoms with Crippen molar-refractivity contribution in [2.75, 3.05) is 0 Å². The summed E-state index contributed by atoms with van der Waals surface area (Å²) in [6.45, 7) is 8.99. The second-order valence-electron chi connectivity index (χ2n) is 12.5. The predicted molar refractivity (Wildman–Crippen MR) is 134 cm³/mol. The second-order valence-corrected chi connectivity index (χ2v) is 12.5. The first kappa shape index (κ1) is 21.6. The summed E-state index contributed by atoms with van der Waals surface area (Å²) in [4.78, 5) is 0. The van der Waals surface area contributed by atoms with Crippen molar-refractivity contribution in [2.45, 2.75) is 102 Å². The van der Waals surface area contributed by atoms with Crippen molar-refractivity contribution >= 4 is 0 Å². The fourth-order valence-electron chi connectivity index (χ4n) is 6.61. The van der Waals surface area contributed by atoms with Crippen LogP contribution in [0.15, 0.2) is 30.3 Å². The van der Waals surface area contributed by atoms with E-state index in [2.05, 4.69) is 58.0 Å². The van der Waals surface area contributed by atoms with Gasteiger partial charge in [-0.1, -0.05) is 58.0 Å². The summed E-state index contributed by atoms with van der Waals surface area (Å²) in [5.41, 5.74) is 6.31. The van der Waals surface area contributed by atoms with Gasteiger partial charge in [0.1, 0.15) is 11.5 Å². The van der Waals surface area contributed by atoms with Crippen molar-refractivity contribution in [3.05, 3.63) is 58.1 Å². The van der Waals surface area contributed by atoms with Crippen LogP contribution >= 0.6 is 0 Å². The van der Waals surface area contributed by atoms with Gasteiger partial charge in [-0.2, -0.15) is 0 Å². The van der Waals surface area contributed by atoms with Crippen molar-refractivity contribution in [3.8, 4) is 11.5 Å². The molecule has 4 unspecified atom stereocenters. The van der Waals surface area contributed by atoms with Gasteiger partial charge in [-0.25, -0.2) is 0 Å². The zero-order valence-corrected chi connectivity index (χ0v) is 20.8. The third-order valence-corrected chi connectivity index (χ3v) is 9.57. The van der Waals surface area contributed by atoms with Gasteiger partial charge in [-0.05, 0) is 114 Å². The van der Waals surface area contributed by atoms with Crippen LogP contribution in [0.2, 0.25) is 0 Å². The lowest BCUT2D eigenvalue weighted by Crippen LogP contribution is -2.09. The van der Waals surface area contributed by atoms with E-state index in [1.54, 1.807) is 0 Å². The number of phenols is 2. The topological polar surface area (TPSA) is 40.5 Å². The molecule has 4 saturated carbocycles. The van der Waals surface area contributed by atoms with Crippen LogP contribution in [-0.2, 0) is 5.41 Å². The minimum atomic E-state index is 0.169. The molecule has 176 valence electrons. The molecule has 4 aliphatic rings. The van der Waals surface area contributed by atoms with Gasteiger partial charge in [-0.3, -0.25) is 0 Å². The van der Waals surface area contributed by atoms with Crippen LogP contribution in [-0.4, -0.2) is 10.2 Å². The Bertz CT molecular complexity index is 1070. The zero-order chi connectivity index (χ0) is 23.1. The first-order valence-corrected chi connectivity index (χ1v) is 13.5. The van der Waals surface area contributed by atoms with Gasteiger partial charge in [0.05, 0.1) is 0 Å². The molecule has 4 fully saturated rings. The maximum atomic E-state index is 11.3. The molecule has 2 N–H and O–H groups in total. The van der Waals surface area contributed by atoms with Gasteiger partial charge in [0.2, 0.25) is 0 Å². The summed E-state index contributed by atoms with van der Waals surface area (Å²) < 4.78 is 0. The Morgan fingerprint density at radius 1 is 0.848 bits per heavy atom. The maximum Gasteiger partial charge on any atom is 0.122 e. The molecule has 33 heavy (non-hydrogen) atoms. The molecular formula is C31H40O2. The molecule has 0 saturated heterocycles. The lowest BCUT2D eigenvalue weighted by Gasteiger charge is -2.23. The standard InChI is InChI=1S/C31H40O2/c1-17(2)22-6-5-7-23(29(22)32)28(20-10-11-20)26-16-25(26)21-14-24(18(3)19-8-9-19)30(33)27(15-21)31(4)12-13-31/h5-7,14-15,17-20,25-26,28,32-33H,8-13,16H2,1-4H3. The molecule has 0 aromatic heterocycles. The Morgan fingerprint density at radius 3 is 2.12 bits per heavy atom. The van der Waals surface area contributed by atoms with E-state index < -0.39 is 0 Å². The van der Waals surface area contributed by atoms with Crippen molar-refractivity contribution in [2.24, 2.45) is 17.8 Å². The average Bonchev–Trinajstić information content (AvgIpc) is 3.58. The highest BCUT2D eigenvalue weighted by Gasteiger charge is 2.51. The maximum absolute atomic E-state index is 11.3. The van der Waals surface area contributed by atoms with Crippen molar-refractivity contribution in [3.63, 3.8) is 0 Å². The molecule has 0 bridgehead atoms. The van der Waals surface area contributed by atoms with Gasteiger partial charge >= 0.3 is 0 Å². The summed E-state index contributed by atoms with van der Waals surface area (Å²) in [5.74, 6) is 5.04. The Morgan fingerprint density at radius 2 is 1.52 bits per heavy atom. The Labute approximate surface area is 199 Å². The molecule has 0 heterocycles. The number of aromatic hydroxyl groups is 2. The third kappa shape index (κ3) is 3.78. The molecule has 6 rings (SSSR count). The number of rotatable bonds is 8. The molecule has 2 nitrogen and oxygen atoms in total. The number of para-hydroxylation sites is 1. The van der Waals surface area contributed by atoms with Crippen LogP contribution in [0.4, 0.5) is 0 Å². The molecule has 0 spiro atoms. The van der Waals surface area contributed by atoms with E-state index in [4.69, 9.17) is 0 Å². The molecule has 2 heteroatoms. The van der Waals surface area contributed by atoms with E-state index >= 15 is 0 Å². The fourth-order valence-corrected chi connectivity index (χ4v) is 6.61. The number of benzene rings is 2. The molecule has 0 radical (unpaired) electrons. The largest absolute Gasteiger partial charge is 0.507 e. The number of hydrogen-bond acceptors (Lipinski definition) is 2. The van der Waals surface area contributed by atoms with Crippen molar-refractivity contribution in [1.29, 1.82) is 0 Å². The molecular weight excluding hydrogens is 404 g/mol. The Balaban J connectivity index is 1.35. The number of hydrogen-bond donors (Lipinski definition) is 2. The quantitative estimate of drug-likeness (QED) is 0.432. The summed E-state index contributed by atoms with van der Waals surface area (Å²) in [6, 6.07) is 11.2. The third-order valence-electron chi connectivity index (χ3n) is 9.57. The molecule has 4 aliphatic carbocycles. The van der Waals surface area contributed by atoms with E-state index in [0.717, 1.165) is 17.4 Å². The van der Waals surface area contributed by atoms with Crippen LogP contribution < -0.4 is 0 Å². The highest BCUT2D eigenvalue weighted by atomic mass is 16.3. The highest BCUT2D eigenvalue weighted by Crippen LogP contribution is 2.64. The lowest BCUT2D eigenvalue weighted by atomic mass is 9.83. The molecule has 2 aromatic rings. The normalized spacial score (nSPS) is 27.4. The molecule has 4 atom stereocenters. The van der Waals surface area contributed by atoms with E-state index in [1.165, 1.54) is 67.2 Å². The van der Waals surface area contributed by atoms with Crippen LogP contribution in [0.3, 0.4) is 0 Å². The van der Waals surface area contributed by atoms with Crippen molar-refractivity contribution < 1.29 is 10.2 Å². The highest BCUT2D eigenvalue weighted by molar-refractivity contribution is 5.53. The zero-order valence-electron chi connectivity index (χ0n) is 20.8. The second kappa shape index (κ2) is 7.52. The average molecular weight is 445 g/mol. The molecule has 0 amide bonds. The van der Waals surface area contributed by atoms with E-state index in [1.807, 2.05) is 0 Å². The summed E-state index contributed by atoms with van der Waals surface area (Å²) in [5, 5.41) is 22.5. The lowest BCUT2D eigenvalue weighted by molar-refractivity contribution is 0.432. The molecule has 0 aliphatic heterocycles. The first-order chi connectivity index (χ1) is 15.8. The van der Waals surface area contributed by atoms with Gasteiger partial charge in [0.25, 0.3) is 0 Å². The van der Waals surface area contributed by atoms with Crippen molar-refractivity contribution in [1.82, 2.24) is 0 Å². The molecule has 2 aromatic carbocycles. The Hall–Kier alpha value is -1.96. The monoisotopic (exact) mass is 444 g/mol. The smallest absolute Gasteiger partial charge is 0.122 e. The van der Waals surface area contributed by atoms with Crippen LogP contribution in [0.1, 0.15) is 124 Å². The minimum Gasteiger partial charge on any atom is -0.507 e. The van der Waals surface area contributed by atoms with E-state index in [-0.39, 0.29) is 5.41 Å². The summed E-state index contributed by atoms with van der Waals surface area (Å²) in [7, 11) is 0. The van der Waals surface area contributed by atoms with E-state index in [9.17, 15) is 10.2 Å².